The molecule has 0 fully saturated rings. The Balaban J connectivity index is 1.02. The molecule has 0 atom stereocenters. The first-order valence-corrected chi connectivity index (χ1v) is 20.8. The van der Waals surface area contributed by atoms with Crippen LogP contribution < -0.4 is 18.9 Å². The number of rotatable bonds is 24. The lowest BCUT2D eigenvalue weighted by atomic mass is 10.1. The number of carbonyl (C=O) groups excluding carboxylic acids is 2. The minimum Gasteiger partial charge on any atom is -0.494 e. The molecule has 58 heavy (non-hydrogen) atoms. The van der Waals surface area contributed by atoms with E-state index < -0.39 is 11.9 Å². The highest BCUT2D eigenvalue weighted by Crippen LogP contribution is 2.23. The minimum atomic E-state index is -0.535. The van der Waals surface area contributed by atoms with Gasteiger partial charge in [0.2, 0.25) is 0 Å². The van der Waals surface area contributed by atoms with Crippen LogP contribution in [0.25, 0.3) is 0 Å². The Labute approximate surface area is 344 Å². The molecule has 0 aliphatic heterocycles. The Kier molecular flexibility index (Phi) is 18.3. The highest BCUT2D eigenvalue weighted by atomic mass is 16.5. The van der Waals surface area contributed by atoms with Crippen LogP contribution >= 0.6 is 0 Å². The SMILES string of the molecule is CCCCCCCCCCCCOc1ccc(N=Cc2ccc(C(=O)Oc3cccc(OC(=O)c4ccc(C=Nc5ccc(OCCCC)cc5)cc4)c3)cc2)cc1. The van der Waals surface area contributed by atoms with Crippen LogP contribution in [0.5, 0.6) is 23.0 Å². The lowest BCUT2D eigenvalue weighted by Crippen LogP contribution is -2.10. The third kappa shape index (κ3) is 15.5. The second kappa shape index (κ2) is 24.6. The molecule has 5 rings (SSSR count). The van der Waals surface area contributed by atoms with E-state index in [-0.39, 0.29) is 11.5 Å². The van der Waals surface area contributed by atoms with Crippen molar-refractivity contribution in [3.8, 4) is 23.0 Å². The maximum atomic E-state index is 12.9. The van der Waals surface area contributed by atoms with Crippen molar-refractivity contribution >= 4 is 35.7 Å². The Morgan fingerprint density at radius 3 is 1.28 bits per heavy atom. The molecule has 0 aliphatic carbocycles. The predicted octanol–water partition coefficient (Wildman–Crippen LogP) is 13.1. The first-order chi connectivity index (χ1) is 28.5. The van der Waals surface area contributed by atoms with Crippen molar-refractivity contribution in [2.45, 2.75) is 90.9 Å². The molecule has 8 heteroatoms. The fraction of sp³-hybridized carbons (Fsp3) is 0.320. The van der Waals surface area contributed by atoms with Crippen LogP contribution in [0.2, 0.25) is 0 Å². The monoisotopic (exact) mass is 780 g/mol. The number of unbranched alkanes of at least 4 members (excludes halogenated alkanes) is 10. The number of ether oxygens (including phenoxy) is 4. The molecule has 5 aromatic carbocycles. The molecule has 0 saturated heterocycles. The lowest BCUT2D eigenvalue weighted by molar-refractivity contribution is 0.0732. The number of nitrogens with zero attached hydrogens (tertiary/aromatic N) is 2. The van der Waals surface area contributed by atoms with E-state index >= 15 is 0 Å². The third-order valence-electron chi connectivity index (χ3n) is 9.45. The van der Waals surface area contributed by atoms with Crippen molar-refractivity contribution in [1.82, 2.24) is 0 Å². The summed E-state index contributed by atoms with van der Waals surface area (Å²) in [6.45, 7) is 5.82. The van der Waals surface area contributed by atoms with Gasteiger partial charge in [0, 0.05) is 18.5 Å². The zero-order valence-corrected chi connectivity index (χ0v) is 33.9. The fourth-order valence-corrected chi connectivity index (χ4v) is 6.01. The second-order valence-corrected chi connectivity index (χ2v) is 14.2. The third-order valence-corrected chi connectivity index (χ3v) is 9.45. The number of esters is 2. The van der Waals surface area contributed by atoms with E-state index in [9.17, 15) is 9.59 Å². The number of hydrogen-bond acceptors (Lipinski definition) is 8. The molecule has 0 N–H and O–H groups in total. The smallest absolute Gasteiger partial charge is 0.343 e. The summed E-state index contributed by atoms with van der Waals surface area (Å²) < 4.78 is 22.8. The van der Waals surface area contributed by atoms with Crippen LogP contribution in [-0.2, 0) is 0 Å². The molecular formula is C50H56N2O6. The summed E-state index contributed by atoms with van der Waals surface area (Å²) in [7, 11) is 0. The Morgan fingerprint density at radius 1 is 0.448 bits per heavy atom. The van der Waals surface area contributed by atoms with Crippen LogP contribution in [0.4, 0.5) is 11.4 Å². The predicted molar refractivity (Wildman–Crippen MR) is 234 cm³/mol. The van der Waals surface area contributed by atoms with Gasteiger partial charge in [0.15, 0.2) is 0 Å². The molecule has 0 spiro atoms. The summed E-state index contributed by atoms with van der Waals surface area (Å²) in [5, 5.41) is 0. The van der Waals surface area contributed by atoms with Gasteiger partial charge in [-0.25, -0.2) is 9.59 Å². The van der Waals surface area contributed by atoms with Crippen LogP contribution in [0, 0.1) is 0 Å². The highest BCUT2D eigenvalue weighted by Gasteiger charge is 2.12. The molecule has 0 bridgehead atoms. The van der Waals surface area contributed by atoms with Crippen molar-refractivity contribution < 1.29 is 28.5 Å². The zero-order valence-electron chi connectivity index (χ0n) is 33.9. The average Bonchev–Trinajstić information content (AvgIpc) is 3.25. The number of aliphatic imine (C=N–C) groups is 2. The maximum absolute atomic E-state index is 12.9. The minimum absolute atomic E-state index is 0.253. The van der Waals surface area contributed by atoms with Gasteiger partial charge in [0.1, 0.15) is 23.0 Å². The van der Waals surface area contributed by atoms with E-state index in [0.29, 0.717) is 17.7 Å². The van der Waals surface area contributed by atoms with Crippen LogP contribution in [0.1, 0.15) is 123 Å². The summed E-state index contributed by atoms with van der Waals surface area (Å²) in [6, 6.07) is 35.7. The Bertz CT molecular complexity index is 2020. The molecule has 8 nitrogen and oxygen atoms in total. The van der Waals surface area contributed by atoms with Gasteiger partial charge >= 0.3 is 11.9 Å². The Morgan fingerprint density at radius 2 is 0.845 bits per heavy atom. The van der Waals surface area contributed by atoms with Gasteiger partial charge in [-0.2, -0.15) is 0 Å². The summed E-state index contributed by atoms with van der Waals surface area (Å²) in [5.74, 6) is 1.11. The zero-order chi connectivity index (χ0) is 40.6. The fourth-order valence-electron chi connectivity index (χ4n) is 6.01. The molecule has 5 aromatic rings. The molecule has 0 heterocycles. The molecule has 0 unspecified atom stereocenters. The molecule has 0 amide bonds. The normalized spacial score (nSPS) is 11.2. The van der Waals surface area contributed by atoms with E-state index in [1.807, 2.05) is 48.5 Å². The highest BCUT2D eigenvalue weighted by molar-refractivity contribution is 5.93. The van der Waals surface area contributed by atoms with E-state index in [2.05, 4.69) is 23.8 Å². The van der Waals surface area contributed by atoms with Crippen LogP contribution in [-0.4, -0.2) is 37.6 Å². The van der Waals surface area contributed by atoms with Gasteiger partial charge in [0.05, 0.1) is 35.7 Å². The first kappa shape index (κ1) is 43.1. The quantitative estimate of drug-likeness (QED) is 0.0268. The average molecular weight is 781 g/mol. The van der Waals surface area contributed by atoms with E-state index in [4.69, 9.17) is 18.9 Å². The molecule has 0 saturated carbocycles. The van der Waals surface area contributed by atoms with Gasteiger partial charge in [-0.05, 0) is 109 Å². The van der Waals surface area contributed by atoms with Crippen molar-refractivity contribution in [1.29, 1.82) is 0 Å². The molecular weight excluding hydrogens is 725 g/mol. The van der Waals surface area contributed by atoms with E-state index in [1.54, 1.807) is 79.2 Å². The molecule has 0 aromatic heterocycles. The van der Waals surface area contributed by atoms with Crippen molar-refractivity contribution in [2.75, 3.05) is 13.2 Å². The number of hydrogen-bond donors (Lipinski definition) is 0. The first-order valence-electron chi connectivity index (χ1n) is 20.8. The maximum Gasteiger partial charge on any atom is 0.343 e. The second-order valence-electron chi connectivity index (χ2n) is 14.2. The van der Waals surface area contributed by atoms with Crippen molar-refractivity contribution in [3.05, 3.63) is 144 Å². The van der Waals surface area contributed by atoms with Crippen LogP contribution in [0.15, 0.2) is 131 Å². The molecule has 0 radical (unpaired) electrons. The molecule has 0 aliphatic rings. The number of benzene rings is 5. The summed E-state index contributed by atoms with van der Waals surface area (Å²) in [4.78, 5) is 34.9. The molecule has 302 valence electrons. The largest absolute Gasteiger partial charge is 0.494 e. The summed E-state index contributed by atoms with van der Waals surface area (Å²) in [6.07, 6.45) is 18.6. The number of carbonyl (C=O) groups is 2. The topological polar surface area (TPSA) is 95.8 Å². The van der Waals surface area contributed by atoms with Gasteiger partial charge in [0.25, 0.3) is 0 Å². The van der Waals surface area contributed by atoms with E-state index in [1.165, 1.54) is 63.9 Å². The Hall–Kier alpha value is -6.02. The van der Waals surface area contributed by atoms with Crippen molar-refractivity contribution in [3.63, 3.8) is 0 Å². The standard InChI is InChI=1S/C50H56N2O6/c1-3-5-7-8-9-10-11-12-13-14-35-56-46-32-28-44(29-33-46)52-38-40-20-24-42(25-21-40)50(54)58-48-17-15-16-47(36-48)57-49(53)41-22-18-39(19-23-41)37-51-43-26-30-45(31-27-43)55-34-6-4-2/h15-33,36-38H,3-14,34-35H2,1-2H3. The van der Waals surface area contributed by atoms with Gasteiger partial charge in [-0.15, -0.1) is 0 Å². The summed E-state index contributed by atoms with van der Waals surface area (Å²) >= 11 is 0. The summed E-state index contributed by atoms with van der Waals surface area (Å²) in [5.41, 5.74) is 4.03. The van der Waals surface area contributed by atoms with Crippen LogP contribution in [0.3, 0.4) is 0 Å². The van der Waals surface area contributed by atoms with E-state index in [0.717, 1.165) is 59.9 Å². The van der Waals surface area contributed by atoms with Crippen molar-refractivity contribution in [2.24, 2.45) is 9.98 Å². The lowest BCUT2D eigenvalue weighted by Gasteiger charge is -2.08. The van der Waals surface area contributed by atoms with Gasteiger partial charge in [-0.1, -0.05) is 108 Å². The van der Waals surface area contributed by atoms with Gasteiger partial charge in [-0.3, -0.25) is 9.98 Å². The van der Waals surface area contributed by atoms with Gasteiger partial charge < -0.3 is 18.9 Å².